The highest BCUT2D eigenvalue weighted by atomic mass is 79.9. The molecule has 0 saturated carbocycles. The van der Waals surface area contributed by atoms with Crippen LogP contribution in [0.15, 0.2) is 27.6 Å². The van der Waals surface area contributed by atoms with Gasteiger partial charge in [0.2, 0.25) is 0 Å². The van der Waals surface area contributed by atoms with Gasteiger partial charge < -0.3 is 5.11 Å². The van der Waals surface area contributed by atoms with Crippen LogP contribution < -0.4 is 0 Å². The number of fused-ring (bicyclic) bond motifs is 1. The molecule has 1 aliphatic rings. The van der Waals surface area contributed by atoms with E-state index < -0.39 is 11.4 Å². The lowest BCUT2D eigenvalue weighted by molar-refractivity contribution is -0.147. The summed E-state index contributed by atoms with van der Waals surface area (Å²) in [6.45, 7) is 3.60. The minimum absolute atomic E-state index is 0.380. The molecule has 1 unspecified atom stereocenters. The van der Waals surface area contributed by atoms with Gasteiger partial charge in [0.05, 0.1) is 5.41 Å². The highest BCUT2D eigenvalue weighted by Crippen LogP contribution is 2.42. The Balaban J connectivity index is 2.08. The predicted molar refractivity (Wildman–Crippen MR) is 73.5 cm³/mol. The van der Waals surface area contributed by atoms with Crippen LogP contribution in [0.2, 0.25) is 0 Å². The standard InChI is InChI=1S/C13H15BrO2S/c1-13(2,12(15)16)7-10-6-8-5-9(14)3-4-11(8)17-10/h3-5,10H,6-7H2,1-2H3,(H,15,16). The zero-order valence-corrected chi connectivity index (χ0v) is 12.3. The van der Waals surface area contributed by atoms with E-state index in [0.29, 0.717) is 11.7 Å². The fraction of sp³-hybridized carbons (Fsp3) is 0.462. The second kappa shape index (κ2) is 4.65. The molecule has 1 aliphatic heterocycles. The number of hydrogen-bond donors (Lipinski definition) is 1. The first kappa shape index (κ1) is 13.0. The molecule has 0 aromatic heterocycles. The summed E-state index contributed by atoms with van der Waals surface area (Å²) in [5, 5.41) is 9.53. The quantitative estimate of drug-likeness (QED) is 0.917. The topological polar surface area (TPSA) is 37.3 Å². The van der Waals surface area contributed by atoms with Gasteiger partial charge in [-0.05, 0) is 50.5 Å². The van der Waals surface area contributed by atoms with Crippen molar-refractivity contribution >= 4 is 33.7 Å². The van der Waals surface area contributed by atoms with E-state index >= 15 is 0 Å². The molecule has 92 valence electrons. The van der Waals surface area contributed by atoms with Crippen molar-refractivity contribution in [2.45, 2.75) is 36.8 Å². The maximum atomic E-state index is 11.1. The molecule has 0 amide bonds. The van der Waals surface area contributed by atoms with E-state index in [-0.39, 0.29) is 0 Å². The average molecular weight is 315 g/mol. The van der Waals surface area contributed by atoms with E-state index in [1.165, 1.54) is 10.5 Å². The molecule has 1 aromatic rings. The van der Waals surface area contributed by atoms with Crippen LogP contribution in [-0.2, 0) is 11.2 Å². The summed E-state index contributed by atoms with van der Waals surface area (Å²) in [6, 6.07) is 6.28. The number of carboxylic acids is 1. The molecule has 1 aromatic carbocycles. The summed E-state index contributed by atoms with van der Waals surface area (Å²) in [5.74, 6) is -0.713. The third-order valence-electron chi connectivity index (χ3n) is 3.08. The summed E-state index contributed by atoms with van der Waals surface area (Å²) >= 11 is 5.27. The van der Waals surface area contributed by atoms with E-state index in [4.69, 9.17) is 5.11 Å². The van der Waals surface area contributed by atoms with Crippen LogP contribution in [0.4, 0.5) is 0 Å². The van der Waals surface area contributed by atoms with Crippen molar-refractivity contribution in [1.82, 2.24) is 0 Å². The summed E-state index contributed by atoms with van der Waals surface area (Å²) in [4.78, 5) is 12.4. The fourth-order valence-corrected chi connectivity index (χ4v) is 4.03. The van der Waals surface area contributed by atoms with Gasteiger partial charge in [0.25, 0.3) is 0 Å². The van der Waals surface area contributed by atoms with Crippen LogP contribution in [-0.4, -0.2) is 16.3 Å². The van der Waals surface area contributed by atoms with Crippen molar-refractivity contribution in [3.8, 4) is 0 Å². The van der Waals surface area contributed by atoms with Crippen molar-refractivity contribution in [3.05, 3.63) is 28.2 Å². The maximum absolute atomic E-state index is 11.1. The lowest BCUT2D eigenvalue weighted by atomic mass is 9.86. The molecule has 1 N–H and O–H groups in total. The SMILES string of the molecule is CC(C)(CC1Cc2cc(Br)ccc2S1)C(=O)O. The maximum Gasteiger partial charge on any atom is 0.309 e. The molecule has 4 heteroatoms. The van der Waals surface area contributed by atoms with Crippen LogP contribution in [0, 0.1) is 5.41 Å². The van der Waals surface area contributed by atoms with Gasteiger partial charge in [0.15, 0.2) is 0 Å². The zero-order valence-electron chi connectivity index (χ0n) is 9.87. The Labute approximate surface area is 114 Å². The second-order valence-electron chi connectivity index (χ2n) is 5.09. The second-order valence-corrected chi connectivity index (χ2v) is 7.35. The van der Waals surface area contributed by atoms with Gasteiger partial charge in [0, 0.05) is 14.6 Å². The number of carbonyl (C=O) groups is 1. The Bertz CT molecular complexity index is 457. The molecule has 1 heterocycles. The molecular weight excluding hydrogens is 300 g/mol. The third kappa shape index (κ3) is 2.86. The van der Waals surface area contributed by atoms with Crippen molar-refractivity contribution in [2.75, 3.05) is 0 Å². The minimum Gasteiger partial charge on any atom is -0.481 e. The summed E-state index contributed by atoms with van der Waals surface area (Å²) in [5.41, 5.74) is 0.687. The molecule has 2 nitrogen and oxygen atoms in total. The molecule has 0 bridgehead atoms. The number of thioether (sulfide) groups is 1. The Morgan fingerprint density at radius 3 is 2.94 bits per heavy atom. The van der Waals surface area contributed by atoms with E-state index in [0.717, 1.165) is 10.9 Å². The van der Waals surface area contributed by atoms with Crippen molar-refractivity contribution in [3.63, 3.8) is 0 Å². The van der Waals surface area contributed by atoms with Crippen LogP contribution in [0.1, 0.15) is 25.8 Å². The van der Waals surface area contributed by atoms with Gasteiger partial charge in [-0.2, -0.15) is 0 Å². The molecular formula is C13H15BrO2S. The number of hydrogen-bond acceptors (Lipinski definition) is 2. The number of benzene rings is 1. The lowest BCUT2D eigenvalue weighted by Gasteiger charge is -2.22. The van der Waals surface area contributed by atoms with Crippen LogP contribution in [0.25, 0.3) is 0 Å². The molecule has 1 atom stereocenters. The predicted octanol–water partition coefficient (Wildman–Crippen LogP) is 3.97. The largest absolute Gasteiger partial charge is 0.481 e. The summed E-state index contributed by atoms with van der Waals surface area (Å²) < 4.78 is 1.09. The van der Waals surface area contributed by atoms with Crippen molar-refractivity contribution in [2.24, 2.45) is 5.41 Å². The van der Waals surface area contributed by atoms with Gasteiger partial charge in [-0.25, -0.2) is 0 Å². The number of carboxylic acid groups (broad SMARTS) is 1. The molecule has 2 rings (SSSR count). The molecule has 0 radical (unpaired) electrons. The first-order valence-electron chi connectivity index (χ1n) is 5.57. The molecule has 0 spiro atoms. The van der Waals surface area contributed by atoms with E-state index in [2.05, 4.69) is 28.1 Å². The van der Waals surface area contributed by atoms with Gasteiger partial charge in [-0.15, -0.1) is 11.8 Å². The van der Waals surface area contributed by atoms with Crippen molar-refractivity contribution < 1.29 is 9.90 Å². The van der Waals surface area contributed by atoms with E-state index in [1.807, 2.05) is 6.07 Å². The first-order valence-corrected chi connectivity index (χ1v) is 7.24. The minimum atomic E-state index is -0.713. The third-order valence-corrected chi connectivity index (χ3v) is 4.89. The molecule has 0 aliphatic carbocycles. The van der Waals surface area contributed by atoms with E-state index in [9.17, 15) is 4.79 Å². The number of aliphatic carboxylic acids is 1. The fourth-order valence-electron chi connectivity index (χ4n) is 2.06. The Kier molecular flexibility index (Phi) is 3.55. The number of halogens is 1. The smallest absolute Gasteiger partial charge is 0.309 e. The first-order chi connectivity index (χ1) is 7.88. The Hall–Kier alpha value is -0.480. The Morgan fingerprint density at radius 1 is 1.59 bits per heavy atom. The van der Waals surface area contributed by atoms with Crippen molar-refractivity contribution in [1.29, 1.82) is 0 Å². The average Bonchev–Trinajstić information content (AvgIpc) is 2.57. The zero-order chi connectivity index (χ0) is 12.6. The molecule has 17 heavy (non-hydrogen) atoms. The van der Waals surface area contributed by atoms with Crippen LogP contribution in [0.3, 0.4) is 0 Å². The molecule has 0 fully saturated rings. The normalized spacial score (nSPS) is 19.1. The van der Waals surface area contributed by atoms with Gasteiger partial charge in [-0.1, -0.05) is 15.9 Å². The highest BCUT2D eigenvalue weighted by molar-refractivity contribution is 9.10. The Morgan fingerprint density at radius 2 is 2.29 bits per heavy atom. The van der Waals surface area contributed by atoms with Gasteiger partial charge in [-0.3, -0.25) is 4.79 Å². The summed E-state index contributed by atoms with van der Waals surface area (Å²) in [7, 11) is 0. The molecule has 0 saturated heterocycles. The van der Waals surface area contributed by atoms with Gasteiger partial charge >= 0.3 is 5.97 Å². The number of rotatable bonds is 3. The summed E-state index contributed by atoms with van der Waals surface area (Å²) in [6.07, 6.45) is 1.68. The highest BCUT2D eigenvalue weighted by Gasteiger charge is 2.33. The van der Waals surface area contributed by atoms with E-state index in [1.54, 1.807) is 25.6 Å². The monoisotopic (exact) mass is 314 g/mol. The van der Waals surface area contributed by atoms with Crippen LogP contribution in [0.5, 0.6) is 0 Å². The van der Waals surface area contributed by atoms with Crippen LogP contribution >= 0.6 is 27.7 Å². The lowest BCUT2D eigenvalue weighted by Crippen LogP contribution is -2.27. The van der Waals surface area contributed by atoms with Gasteiger partial charge in [0.1, 0.15) is 0 Å².